The molecule has 1 amide bonds. The monoisotopic (exact) mass is 323 g/mol. The van der Waals surface area contributed by atoms with Crippen LogP contribution in [-0.2, 0) is 19.6 Å². The fourth-order valence-corrected chi connectivity index (χ4v) is 3.77. The number of morpholine rings is 1. The van der Waals surface area contributed by atoms with Gasteiger partial charge in [0.25, 0.3) is 10.0 Å². The molecule has 1 unspecified atom stereocenters. The fourth-order valence-electron chi connectivity index (χ4n) is 2.53. The standard InChI is InChI=1S/C14H17N3O4S/c1-10(14(18)17-6-8-21-9-7-17)15-13-11-4-2-3-5-12(11)22(19,20)16-13/h2-5,10H,6-9H2,1H3,(H,15,16). The van der Waals surface area contributed by atoms with E-state index < -0.39 is 16.1 Å². The van der Waals surface area contributed by atoms with E-state index in [1.54, 1.807) is 30.0 Å². The number of aliphatic imine (C=N–C) groups is 1. The summed E-state index contributed by atoms with van der Waals surface area (Å²) in [6.07, 6.45) is 0. The lowest BCUT2D eigenvalue weighted by Crippen LogP contribution is -2.44. The molecule has 2 aliphatic rings. The van der Waals surface area contributed by atoms with Crippen LogP contribution in [0.1, 0.15) is 12.5 Å². The molecule has 0 bridgehead atoms. The van der Waals surface area contributed by atoms with Gasteiger partial charge in [-0.1, -0.05) is 12.1 Å². The summed E-state index contributed by atoms with van der Waals surface area (Å²) in [4.78, 5) is 18.5. The first-order valence-corrected chi connectivity index (χ1v) is 8.54. The van der Waals surface area contributed by atoms with E-state index in [-0.39, 0.29) is 16.6 Å². The number of carbonyl (C=O) groups excluding carboxylic acids is 1. The third-order valence-electron chi connectivity index (χ3n) is 3.67. The highest BCUT2D eigenvalue weighted by molar-refractivity contribution is 7.90. The Bertz CT molecular complexity index is 723. The summed E-state index contributed by atoms with van der Waals surface area (Å²) in [5.74, 6) is 0.101. The highest BCUT2D eigenvalue weighted by Gasteiger charge is 2.31. The van der Waals surface area contributed by atoms with Crippen molar-refractivity contribution in [1.82, 2.24) is 9.62 Å². The molecule has 0 aliphatic carbocycles. The van der Waals surface area contributed by atoms with Crippen LogP contribution in [0.15, 0.2) is 34.2 Å². The molecular weight excluding hydrogens is 306 g/mol. The number of fused-ring (bicyclic) bond motifs is 1. The molecule has 7 nitrogen and oxygen atoms in total. The van der Waals surface area contributed by atoms with E-state index in [1.165, 1.54) is 6.07 Å². The molecule has 1 fully saturated rings. The zero-order valence-corrected chi connectivity index (χ0v) is 13.0. The summed E-state index contributed by atoms with van der Waals surface area (Å²) in [5, 5.41) is 0. The van der Waals surface area contributed by atoms with Crippen LogP contribution in [-0.4, -0.2) is 57.4 Å². The fraction of sp³-hybridized carbons (Fsp3) is 0.429. The Kier molecular flexibility index (Phi) is 3.88. The Hall–Kier alpha value is -1.93. The lowest BCUT2D eigenvalue weighted by molar-refractivity contribution is -0.136. The number of benzene rings is 1. The van der Waals surface area contributed by atoms with Crippen molar-refractivity contribution < 1.29 is 17.9 Å². The van der Waals surface area contributed by atoms with Crippen LogP contribution in [0.4, 0.5) is 0 Å². The first-order chi connectivity index (χ1) is 10.5. The van der Waals surface area contributed by atoms with Gasteiger partial charge in [0.05, 0.1) is 18.1 Å². The van der Waals surface area contributed by atoms with E-state index in [2.05, 4.69) is 9.71 Å². The van der Waals surface area contributed by atoms with Crippen LogP contribution in [0.5, 0.6) is 0 Å². The number of nitrogens with zero attached hydrogens (tertiary/aromatic N) is 2. The molecular formula is C14H17N3O4S. The predicted octanol–water partition coefficient (Wildman–Crippen LogP) is -0.0276. The molecule has 1 aromatic carbocycles. The summed E-state index contributed by atoms with van der Waals surface area (Å²) in [7, 11) is -3.58. The molecule has 8 heteroatoms. The van der Waals surface area contributed by atoms with Gasteiger partial charge in [0.15, 0.2) is 0 Å². The largest absolute Gasteiger partial charge is 0.378 e. The molecule has 1 saturated heterocycles. The second kappa shape index (κ2) is 5.69. The van der Waals surface area contributed by atoms with Crippen molar-refractivity contribution in [2.24, 2.45) is 4.99 Å². The lowest BCUT2D eigenvalue weighted by atomic mass is 10.2. The quantitative estimate of drug-likeness (QED) is 0.828. The first-order valence-electron chi connectivity index (χ1n) is 7.05. The second-order valence-electron chi connectivity index (χ2n) is 5.19. The Morgan fingerprint density at radius 3 is 2.73 bits per heavy atom. The number of rotatable bonds is 2. The van der Waals surface area contributed by atoms with Crippen LogP contribution in [0.2, 0.25) is 0 Å². The van der Waals surface area contributed by atoms with Gasteiger partial charge in [0, 0.05) is 18.7 Å². The van der Waals surface area contributed by atoms with Crippen molar-refractivity contribution in [3.05, 3.63) is 29.8 Å². The van der Waals surface area contributed by atoms with Gasteiger partial charge in [-0.2, -0.15) is 0 Å². The van der Waals surface area contributed by atoms with Crippen molar-refractivity contribution in [2.45, 2.75) is 17.9 Å². The van der Waals surface area contributed by atoms with Crippen LogP contribution < -0.4 is 4.72 Å². The summed E-state index contributed by atoms with van der Waals surface area (Å²) >= 11 is 0. The van der Waals surface area contributed by atoms with Crippen LogP contribution in [0, 0.1) is 0 Å². The predicted molar refractivity (Wildman–Crippen MR) is 80.2 cm³/mol. The van der Waals surface area contributed by atoms with E-state index in [1.807, 2.05) is 0 Å². The summed E-state index contributed by atoms with van der Waals surface area (Å²) in [5.41, 5.74) is 0.504. The van der Waals surface area contributed by atoms with Crippen molar-refractivity contribution in [3.8, 4) is 0 Å². The Labute approximate surface area is 129 Å². The topological polar surface area (TPSA) is 88.1 Å². The van der Waals surface area contributed by atoms with Gasteiger partial charge in [-0.3, -0.25) is 14.5 Å². The zero-order chi connectivity index (χ0) is 15.7. The highest BCUT2D eigenvalue weighted by atomic mass is 32.2. The maximum absolute atomic E-state index is 12.3. The highest BCUT2D eigenvalue weighted by Crippen LogP contribution is 2.22. The minimum absolute atomic E-state index is 0.126. The molecule has 1 aromatic rings. The third-order valence-corrected chi connectivity index (χ3v) is 5.06. The molecule has 118 valence electrons. The molecule has 22 heavy (non-hydrogen) atoms. The number of nitrogens with one attached hydrogen (secondary N) is 1. The molecule has 1 atom stereocenters. The molecule has 0 radical (unpaired) electrons. The van der Waals surface area contributed by atoms with E-state index in [4.69, 9.17) is 4.74 Å². The van der Waals surface area contributed by atoms with Crippen molar-refractivity contribution >= 4 is 21.8 Å². The Morgan fingerprint density at radius 1 is 1.32 bits per heavy atom. The van der Waals surface area contributed by atoms with Crippen molar-refractivity contribution in [1.29, 1.82) is 0 Å². The van der Waals surface area contributed by atoms with Gasteiger partial charge in [0.1, 0.15) is 11.9 Å². The van der Waals surface area contributed by atoms with Gasteiger partial charge in [-0.25, -0.2) is 8.42 Å². The number of hydrogen-bond acceptors (Lipinski definition) is 5. The van der Waals surface area contributed by atoms with E-state index >= 15 is 0 Å². The summed E-state index contributed by atoms with van der Waals surface area (Å²) < 4.78 is 31.7. The number of ether oxygens (including phenoxy) is 1. The summed E-state index contributed by atoms with van der Waals surface area (Å²) in [6, 6.07) is 5.95. The van der Waals surface area contributed by atoms with Crippen molar-refractivity contribution in [2.75, 3.05) is 26.3 Å². The number of amides is 1. The van der Waals surface area contributed by atoms with E-state index in [9.17, 15) is 13.2 Å². The van der Waals surface area contributed by atoms with Crippen LogP contribution in [0.3, 0.4) is 0 Å². The van der Waals surface area contributed by atoms with Gasteiger partial charge in [-0.05, 0) is 19.1 Å². The second-order valence-corrected chi connectivity index (χ2v) is 6.84. The molecule has 1 N–H and O–H groups in total. The number of sulfonamides is 1. The smallest absolute Gasteiger partial charge is 0.263 e. The van der Waals surface area contributed by atoms with Crippen molar-refractivity contribution in [3.63, 3.8) is 0 Å². The van der Waals surface area contributed by atoms with E-state index in [0.29, 0.717) is 31.9 Å². The number of amidine groups is 1. The molecule has 0 saturated carbocycles. The van der Waals surface area contributed by atoms with Gasteiger partial charge < -0.3 is 9.64 Å². The summed E-state index contributed by atoms with van der Waals surface area (Å²) in [6.45, 7) is 3.78. The maximum Gasteiger partial charge on any atom is 0.263 e. The first kappa shape index (κ1) is 15.0. The minimum Gasteiger partial charge on any atom is -0.378 e. The molecule has 0 spiro atoms. The molecule has 2 heterocycles. The number of hydrogen-bond donors (Lipinski definition) is 1. The Balaban J connectivity index is 1.85. The number of carbonyl (C=O) groups is 1. The molecule has 3 rings (SSSR count). The minimum atomic E-state index is -3.58. The molecule has 0 aromatic heterocycles. The lowest BCUT2D eigenvalue weighted by Gasteiger charge is -2.28. The third kappa shape index (κ3) is 2.71. The zero-order valence-electron chi connectivity index (χ0n) is 12.2. The van der Waals surface area contributed by atoms with Crippen LogP contribution >= 0.6 is 0 Å². The maximum atomic E-state index is 12.3. The Morgan fingerprint density at radius 2 is 2.00 bits per heavy atom. The van der Waals surface area contributed by atoms with Gasteiger partial charge in [-0.15, -0.1) is 0 Å². The van der Waals surface area contributed by atoms with Gasteiger partial charge >= 0.3 is 0 Å². The van der Waals surface area contributed by atoms with Crippen LogP contribution in [0.25, 0.3) is 0 Å². The SMILES string of the molecule is CC(N=C1NS(=O)(=O)c2ccccc21)C(=O)N1CCOCC1. The van der Waals surface area contributed by atoms with Gasteiger partial charge in [0.2, 0.25) is 5.91 Å². The average Bonchev–Trinajstić information content (AvgIpc) is 2.79. The normalized spacial score (nSPS) is 23.0. The van der Waals surface area contributed by atoms with E-state index in [0.717, 1.165) is 0 Å². The average molecular weight is 323 g/mol. The molecule has 2 aliphatic heterocycles.